The van der Waals surface area contributed by atoms with Crippen LogP contribution in [0.4, 0.5) is 0 Å². The van der Waals surface area contributed by atoms with Crippen molar-refractivity contribution in [1.29, 1.82) is 0 Å². The number of H-pyrrole nitrogens is 1. The standard InChI is InChI=1S/C15H17N3O/c1-2-5-14-12(4-1)10-13(19-14)11-16-7-3-6-15-17-8-9-18-15/h1-2,4-5,8-10,16H,3,6-7,11H2,(H,17,18). The number of benzene rings is 1. The fourth-order valence-corrected chi connectivity index (χ4v) is 2.15. The van der Waals surface area contributed by atoms with Gasteiger partial charge in [0.1, 0.15) is 17.2 Å². The third-order valence-corrected chi connectivity index (χ3v) is 3.10. The second-order valence-corrected chi connectivity index (χ2v) is 4.57. The first-order valence-electron chi connectivity index (χ1n) is 6.58. The molecular formula is C15H17N3O. The van der Waals surface area contributed by atoms with Gasteiger partial charge in [-0.2, -0.15) is 0 Å². The summed E-state index contributed by atoms with van der Waals surface area (Å²) in [7, 11) is 0. The molecule has 0 aliphatic rings. The van der Waals surface area contributed by atoms with E-state index in [1.54, 1.807) is 6.20 Å². The predicted molar refractivity (Wildman–Crippen MR) is 74.8 cm³/mol. The molecule has 0 saturated carbocycles. The van der Waals surface area contributed by atoms with Gasteiger partial charge < -0.3 is 14.7 Å². The lowest BCUT2D eigenvalue weighted by Gasteiger charge is -2.01. The maximum Gasteiger partial charge on any atom is 0.134 e. The first-order valence-corrected chi connectivity index (χ1v) is 6.58. The molecule has 98 valence electrons. The molecular weight excluding hydrogens is 238 g/mol. The quantitative estimate of drug-likeness (QED) is 0.666. The average molecular weight is 255 g/mol. The van der Waals surface area contributed by atoms with Gasteiger partial charge in [-0.3, -0.25) is 0 Å². The molecule has 0 radical (unpaired) electrons. The number of aromatic amines is 1. The van der Waals surface area contributed by atoms with Gasteiger partial charge in [-0.25, -0.2) is 4.98 Å². The Kier molecular flexibility index (Phi) is 3.61. The van der Waals surface area contributed by atoms with Gasteiger partial charge >= 0.3 is 0 Å². The summed E-state index contributed by atoms with van der Waals surface area (Å²) in [6.45, 7) is 1.73. The van der Waals surface area contributed by atoms with Gasteiger partial charge in [-0.1, -0.05) is 18.2 Å². The minimum absolute atomic E-state index is 0.771. The number of para-hydroxylation sites is 1. The average Bonchev–Trinajstić information content (AvgIpc) is 3.06. The molecule has 2 N–H and O–H groups in total. The number of rotatable bonds is 6. The summed E-state index contributed by atoms with van der Waals surface area (Å²) in [5.74, 6) is 2.03. The zero-order valence-corrected chi connectivity index (χ0v) is 10.7. The van der Waals surface area contributed by atoms with E-state index in [9.17, 15) is 0 Å². The summed E-state index contributed by atoms with van der Waals surface area (Å²) in [6, 6.07) is 10.2. The van der Waals surface area contributed by atoms with Crippen molar-refractivity contribution in [2.75, 3.05) is 6.54 Å². The van der Waals surface area contributed by atoms with Gasteiger partial charge in [0.05, 0.1) is 6.54 Å². The van der Waals surface area contributed by atoms with Gasteiger partial charge in [0.15, 0.2) is 0 Å². The van der Waals surface area contributed by atoms with E-state index in [2.05, 4.69) is 27.4 Å². The molecule has 4 nitrogen and oxygen atoms in total. The zero-order valence-electron chi connectivity index (χ0n) is 10.7. The van der Waals surface area contributed by atoms with Crippen molar-refractivity contribution in [2.45, 2.75) is 19.4 Å². The molecule has 0 unspecified atom stereocenters. The molecule has 0 fully saturated rings. The van der Waals surface area contributed by atoms with E-state index in [4.69, 9.17) is 4.42 Å². The van der Waals surface area contributed by atoms with Gasteiger partial charge in [-0.15, -0.1) is 0 Å². The molecule has 2 heterocycles. The van der Waals surface area contributed by atoms with E-state index in [1.807, 2.05) is 24.4 Å². The van der Waals surface area contributed by atoms with E-state index >= 15 is 0 Å². The second kappa shape index (κ2) is 5.71. The van der Waals surface area contributed by atoms with Crippen molar-refractivity contribution in [2.24, 2.45) is 0 Å². The summed E-state index contributed by atoms with van der Waals surface area (Å²) < 4.78 is 5.74. The third-order valence-electron chi connectivity index (χ3n) is 3.10. The van der Waals surface area contributed by atoms with Gasteiger partial charge in [-0.05, 0) is 25.1 Å². The van der Waals surface area contributed by atoms with E-state index in [-0.39, 0.29) is 0 Å². The zero-order chi connectivity index (χ0) is 12.9. The Bertz CT molecular complexity index is 595. The maximum absolute atomic E-state index is 5.74. The van der Waals surface area contributed by atoms with Crippen molar-refractivity contribution in [3.05, 3.63) is 54.3 Å². The summed E-state index contributed by atoms with van der Waals surface area (Å²) in [5.41, 5.74) is 0.954. The van der Waals surface area contributed by atoms with Crippen LogP contribution in [0.25, 0.3) is 11.0 Å². The highest BCUT2D eigenvalue weighted by Gasteiger charge is 2.02. The van der Waals surface area contributed by atoms with Crippen LogP contribution >= 0.6 is 0 Å². The molecule has 0 amide bonds. The van der Waals surface area contributed by atoms with Crippen LogP contribution in [0.15, 0.2) is 47.1 Å². The SMILES string of the molecule is c1ccc2oc(CNCCCc3ncc[nH]3)cc2c1. The molecule has 4 heteroatoms. The van der Waals surface area contributed by atoms with Gasteiger partial charge in [0.2, 0.25) is 0 Å². The van der Waals surface area contributed by atoms with Crippen LogP contribution in [0.2, 0.25) is 0 Å². The summed E-state index contributed by atoms with van der Waals surface area (Å²) in [4.78, 5) is 7.31. The number of furan rings is 1. The van der Waals surface area contributed by atoms with Crippen molar-refractivity contribution in [3.8, 4) is 0 Å². The van der Waals surface area contributed by atoms with Crippen molar-refractivity contribution in [3.63, 3.8) is 0 Å². The van der Waals surface area contributed by atoms with Crippen LogP contribution in [0.3, 0.4) is 0 Å². The van der Waals surface area contributed by atoms with E-state index < -0.39 is 0 Å². The molecule has 0 atom stereocenters. The molecule has 19 heavy (non-hydrogen) atoms. The predicted octanol–water partition coefficient (Wildman–Crippen LogP) is 2.88. The van der Waals surface area contributed by atoms with Gasteiger partial charge in [0.25, 0.3) is 0 Å². The van der Waals surface area contributed by atoms with Crippen LogP contribution in [-0.2, 0) is 13.0 Å². The topological polar surface area (TPSA) is 53.9 Å². The molecule has 0 aliphatic carbocycles. The summed E-state index contributed by atoms with van der Waals surface area (Å²) in [6.07, 6.45) is 5.68. The Morgan fingerprint density at radius 1 is 1.26 bits per heavy atom. The first kappa shape index (κ1) is 12.0. The minimum atomic E-state index is 0.771. The third kappa shape index (κ3) is 3.03. The van der Waals surface area contributed by atoms with Crippen molar-refractivity contribution in [1.82, 2.24) is 15.3 Å². The summed E-state index contributed by atoms with van der Waals surface area (Å²) >= 11 is 0. The van der Waals surface area contributed by atoms with Crippen LogP contribution in [0, 0.1) is 0 Å². The number of hydrogen-bond donors (Lipinski definition) is 2. The Balaban J connectivity index is 1.44. The van der Waals surface area contributed by atoms with Crippen molar-refractivity contribution >= 4 is 11.0 Å². The maximum atomic E-state index is 5.74. The number of hydrogen-bond acceptors (Lipinski definition) is 3. The molecule has 3 rings (SSSR count). The highest BCUT2D eigenvalue weighted by molar-refractivity contribution is 5.77. The second-order valence-electron chi connectivity index (χ2n) is 4.57. The number of nitrogens with one attached hydrogen (secondary N) is 2. The molecule has 0 spiro atoms. The first-order chi connectivity index (χ1) is 9.42. The van der Waals surface area contributed by atoms with Crippen LogP contribution < -0.4 is 5.32 Å². The number of nitrogens with zero attached hydrogens (tertiary/aromatic N) is 1. The number of fused-ring (bicyclic) bond motifs is 1. The Labute approximate surface area is 111 Å². The molecule has 2 aromatic heterocycles. The van der Waals surface area contributed by atoms with Gasteiger partial charge in [0, 0.05) is 24.2 Å². The fraction of sp³-hybridized carbons (Fsp3) is 0.267. The lowest BCUT2D eigenvalue weighted by Crippen LogP contribution is -2.15. The Morgan fingerprint density at radius 2 is 2.21 bits per heavy atom. The molecule has 0 aliphatic heterocycles. The van der Waals surface area contributed by atoms with Crippen LogP contribution in [-0.4, -0.2) is 16.5 Å². The van der Waals surface area contributed by atoms with E-state index in [0.717, 1.165) is 48.5 Å². The van der Waals surface area contributed by atoms with E-state index in [0.29, 0.717) is 0 Å². The minimum Gasteiger partial charge on any atom is -0.460 e. The Hall–Kier alpha value is -2.07. The lowest BCUT2D eigenvalue weighted by atomic mass is 10.2. The van der Waals surface area contributed by atoms with Crippen molar-refractivity contribution < 1.29 is 4.42 Å². The van der Waals surface area contributed by atoms with Crippen LogP contribution in [0.5, 0.6) is 0 Å². The molecule has 3 aromatic rings. The van der Waals surface area contributed by atoms with E-state index in [1.165, 1.54) is 0 Å². The number of aryl methyl sites for hydroxylation is 1. The van der Waals surface area contributed by atoms with Crippen LogP contribution in [0.1, 0.15) is 18.0 Å². The lowest BCUT2D eigenvalue weighted by molar-refractivity contribution is 0.509. The fourth-order valence-electron chi connectivity index (χ4n) is 2.15. The highest BCUT2D eigenvalue weighted by atomic mass is 16.3. The Morgan fingerprint density at radius 3 is 3.05 bits per heavy atom. The number of aromatic nitrogens is 2. The normalized spacial score (nSPS) is 11.2. The monoisotopic (exact) mass is 255 g/mol. The molecule has 0 saturated heterocycles. The number of imidazole rings is 1. The smallest absolute Gasteiger partial charge is 0.134 e. The molecule has 1 aromatic carbocycles. The summed E-state index contributed by atoms with van der Waals surface area (Å²) in [5, 5.41) is 4.55. The highest BCUT2D eigenvalue weighted by Crippen LogP contribution is 2.18. The molecule has 0 bridgehead atoms. The largest absolute Gasteiger partial charge is 0.460 e.